The number of hydrogen-bond acceptors (Lipinski definition) is 2. The lowest BCUT2D eigenvalue weighted by Crippen LogP contribution is -2.07. The molecule has 58 valence electrons. The summed E-state index contributed by atoms with van der Waals surface area (Å²) in [5.41, 5.74) is 0. The van der Waals surface area contributed by atoms with E-state index in [9.17, 15) is 9.59 Å². The van der Waals surface area contributed by atoms with Gasteiger partial charge in [-0.2, -0.15) is 0 Å². The van der Waals surface area contributed by atoms with Crippen molar-refractivity contribution in [3.05, 3.63) is 0 Å². The van der Waals surface area contributed by atoms with Crippen LogP contribution >= 0.6 is 0 Å². The predicted octanol–water partition coefficient (Wildman–Crippen LogP) is 1.58. The fourth-order valence-electron chi connectivity index (χ4n) is 0.623. The first-order valence-corrected chi connectivity index (χ1v) is 3.54. The minimum Gasteiger partial charge on any atom is -0.300 e. The summed E-state index contributed by atoms with van der Waals surface area (Å²) < 4.78 is 0. The highest BCUT2D eigenvalue weighted by Crippen LogP contribution is 2.06. The second-order valence-electron chi connectivity index (χ2n) is 2.75. The van der Waals surface area contributed by atoms with E-state index in [0.29, 0.717) is 12.8 Å². The second-order valence-corrected chi connectivity index (χ2v) is 2.75. The van der Waals surface area contributed by atoms with Gasteiger partial charge in [-0.05, 0) is 20.3 Å². The van der Waals surface area contributed by atoms with Crippen molar-refractivity contribution in [2.75, 3.05) is 0 Å². The first kappa shape index (κ1) is 9.34. The van der Waals surface area contributed by atoms with Crippen LogP contribution in [0.25, 0.3) is 0 Å². The van der Waals surface area contributed by atoms with Gasteiger partial charge in [-0.3, -0.25) is 4.79 Å². The Kier molecular flexibility index (Phi) is 3.93. The quantitative estimate of drug-likeness (QED) is 0.597. The third-order valence-electron chi connectivity index (χ3n) is 1.62. The molecule has 0 amide bonds. The summed E-state index contributed by atoms with van der Waals surface area (Å²) in [7, 11) is 0. The van der Waals surface area contributed by atoms with Crippen LogP contribution in [0.5, 0.6) is 0 Å². The highest BCUT2D eigenvalue weighted by atomic mass is 16.1. The van der Waals surface area contributed by atoms with Gasteiger partial charge in [-0.15, -0.1) is 0 Å². The minimum atomic E-state index is 0.0453. The highest BCUT2D eigenvalue weighted by molar-refractivity contribution is 5.79. The number of Topliss-reactive ketones (excluding diaryl/α,β-unsaturated/α-hetero) is 2. The molecule has 0 N–H and O–H groups in total. The number of ketones is 2. The molecule has 0 rings (SSSR count). The molecule has 0 aliphatic heterocycles. The molecule has 1 atom stereocenters. The van der Waals surface area contributed by atoms with Crippen molar-refractivity contribution in [2.24, 2.45) is 5.92 Å². The van der Waals surface area contributed by atoms with Crippen molar-refractivity contribution < 1.29 is 9.59 Å². The summed E-state index contributed by atoms with van der Waals surface area (Å²) in [5, 5.41) is 0. The highest BCUT2D eigenvalue weighted by Gasteiger charge is 2.07. The maximum Gasteiger partial charge on any atom is 0.132 e. The molecule has 2 heteroatoms. The molecule has 10 heavy (non-hydrogen) atoms. The topological polar surface area (TPSA) is 34.1 Å². The van der Waals surface area contributed by atoms with E-state index in [1.165, 1.54) is 0 Å². The van der Waals surface area contributed by atoms with Crippen molar-refractivity contribution >= 4 is 11.6 Å². The standard InChI is InChI=1S/C8H14O2/c1-6(8(3)10)4-5-7(2)9/h6H,4-5H2,1-3H3/t6-/m0/s1. The van der Waals surface area contributed by atoms with Crippen molar-refractivity contribution in [1.82, 2.24) is 0 Å². The van der Waals surface area contributed by atoms with E-state index in [2.05, 4.69) is 0 Å². The smallest absolute Gasteiger partial charge is 0.132 e. The maximum absolute atomic E-state index is 10.6. The van der Waals surface area contributed by atoms with Gasteiger partial charge >= 0.3 is 0 Å². The van der Waals surface area contributed by atoms with Crippen LogP contribution in [0.15, 0.2) is 0 Å². The van der Waals surface area contributed by atoms with E-state index in [1.54, 1.807) is 13.8 Å². The molecule has 0 aromatic carbocycles. The number of rotatable bonds is 4. The molecule has 0 radical (unpaired) electrons. The average Bonchev–Trinajstić information content (AvgIpc) is 1.82. The van der Waals surface area contributed by atoms with E-state index < -0.39 is 0 Å². The van der Waals surface area contributed by atoms with Gasteiger partial charge in [0.1, 0.15) is 11.6 Å². The Hall–Kier alpha value is -0.660. The predicted molar refractivity (Wildman–Crippen MR) is 39.8 cm³/mol. The Morgan fingerprint density at radius 3 is 2.10 bits per heavy atom. The van der Waals surface area contributed by atoms with Gasteiger partial charge in [0.25, 0.3) is 0 Å². The molecule has 0 aliphatic carbocycles. The maximum atomic E-state index is 10.6. The van der Waals surface area contributed by atoms with E-state index in [0.717, 1.165) is 0 Å². The van der Waals surface area contributed by atoms with Crippen LogP contribution in [0.2, 0.25) is 0 Å². The van der Waals surface area contributed by atoms with Gasteiger partial charge < -0.3 is 4.79 Å². The molecule has 2 nitrogen and oxygen atoms in total. The molecular formula is C8H14O2. The van der Waals surface area contributed by atoms with E-state index in [1.807, 2.05) is 6.92 Å². The lowest BCUT2D eigenvalue weighted by atomic mass is 10.0. The first-order valence-electron chi connectivity index (χ1n) is 3.54. The zero-order valence-corrected chi connectivity index (χ0v) is 6.81. The third-order valence-corrected chi connectivity index (χ3v) is 1.62. The lowest BCUT2D eigenvalue weighted by Gasteiger charge is -2.03. The molecule has 0 fully saturated rings. The molecule has 0 unspecified atom stereocenters. The number of hydrogen-bond donors (Lipinski definition) is 0. The Morgan fingerprint density at radius 2 is 1.80 bits per heavy atom. The summed E-state index contributed by atoms with van der Waals surface area (Å²) in [6, 6.07) is 0. The van der Waals surface area contributed by atoms with Crippen LogP contribution < -0.4 is 0 Å². The van der Waals surface area contributed by atoms with Crippen LogP contribution in [-0.2, 0) is 9.59 Å². The van der Waals surface area contributed by atoms with E-state index in [-0.39, 0.29) is 17.5 Å². The molecule has 0 spiro atoms. The Balaban J connectivity index is 3.49. The van der Waals surface area contributed by atoms with E-state index >= 15 is 0 Å². The summed E-state index contributed by atoms with van der Waals surface area (Å²) >= 11 is 0. The zero-order valence-electron chi connectivity index (χ0n) is 6.81. The molecule has 0 aromatic heterocycles. The van der Waals surface area contributed by atoms with Crippen molar-refractivity contribution in [3.8, 4) is 0 Å². The first-order chi connectivity index (χ1) is 4.54. The molecule has 0 saturated carbocycles. The fraction of sp³-hybridized carbons (Fsp3) is 0.750. The van der Waals surface area contributed by atoms with E-state index in [4.69, 9.17) is 0 Å². The van der Waals surface area contributed by atoms with Crippen LogP contribution in [0.3, 0.4) is 0 Å². The van der Waals surface area contributed by atoms with Gasteiger partial charge in [0.2, 0.25) is 0 Å². The summed E-state index contributed by atoms with van der Waals surface area (Å²) in [6.45, 7) is 4.96. The molecule has 0 aromatic rings. The Labute approximate surface area is 61.6 Å². The van der Waals surface area contributed by atoms with Crippen LogP contribution in [0.4, 0.5) is 0 Å². The van der Waals surface area contributed by atoms with Crippen molar-refractivity contribution in [2.45, 2.75) is 33.6 Å². The van der Waals surface area contributed by atoms with Gasteiger partial charge in [0, 0.05) is 12.3 Å². The largest absolute Gasteiger partial charge is 0.300 e. The van der Waals surface area contributed by atoms with Gasteiger partial charge in [0.05, 0.1) is 0 Å². The fourth-order valence-corrected chi connectivity index (χ4v) is 0.623. The summed E-state index contributed by atoms with van der Waals surface area (Å²) in [5.74, 6) is 0.373. The zero-order chi connectivity index (χ0) is 8.15. The van der Waals surface area contributed by atoms with Crippen molar-refractivity contribution in [3.63, 3.8) is 0 Å². The normalized spacial score (nSPS) is 12.7. The number of carbonyl (C=O) groups is 2. The number of carbonyl (C=O) groups excluding carboxylic acids is 2. The average molecular weight is 142 g/mol. The van der Waals surface area contributed by atoms with Gasteiger partial charge in [-0.1, -0.05) is 6.92 Å². The molecule has 0 aliphatic rings. The van der Waals surface area contributed by atoms with Gasteiger partial charge in [-0.25, -0.2) is 0 Å². The molecule has 0 heterocycles. The van der Waals surface area contributed by atoms with Crippen LogP contribution in [0, 0.1) is 5.92 Å². The van der Waals surface area contributed by atoms with Crippen LogP contribution in [0.1, 0.15) is 33.6 Å². The molecule has 0 bridgehead atoms. The Morgan fingerprint density at radius 1 is 1.30 bits per heavy atom. The van der Waals surface area contributed by atoms with Crippen molar-refractivity contribution in [1.29, 1.82) is 0 Å². The van der Waals surface area contributed by atoms with Crippen LogP contribution in [-0.4, -0.2) is 11.6 Å². The molecular weight excluding hydrogens is 128 g/mol. The third kappa shape index (κ3) is 4.24. The lowest BCUT2D eigenvalue weighted by molar-refractivity contribution is -0.121. The van der Waals surface area contributed by atoms with Gasteiger partial charge in [0.15, 0.2) is 0 Å². The SMILES string of the molecule is CC(=O)CC[C@H](C)C(C)=O. The summed E-state index contributed by atoms with van der Waals surface area (Å²) in [4.78, 5) is 21.1. The monoisotopic (exact) mass is 142 g/mol. The summed E-state index contributed by atoms with van der Waals surface area (Å²) in [6.07, 6.45) is 1.23. The minimum absolute atomic E-state index is 0.0453. The second kappa shape index (κ2) is 4.20. The molecule has 0 saturated heterocycles. The Bertz CT molecular complexity index is 138.